The molecular formula is C24H19FN2O4S. The Kier molecular flexibility index (Phi) is 5.63. The number of Topliss-reactive ketones (excluding diaryl/α,β-unsaturated/α-hetero) is 1. The number of ketones is 1. The molecule has 1 amide bonds. The van der Waals surface area contributed by atoms with Gasteiger partial charge in [0.1, 0.15) is 12.4 Å². The molecule has 32 heavy (non-hydrogen) atoms. The van der Waals surface area contributed by atoms with Crippen LogP contribution in [0.25, 0.3) is 10.9 Å². The van der Waals surface area contributed by atoms with Crippen LogP contribution in [-0.4, -0.2) is 24.7 Å². The van der Waals surface area contributed by atoms with Gasteiger partial charge in [0.25, 0.3) is 0 Å². The zero-order valence-corrected chi connectivity index (χ0v) is 17.9. The Morgan fingerprint density at radius 3 is 2.25 bits per heavy atom. The van der Waals surface area contributed by atoms with Gasteiger partial charge < -0.3 is 9.88 Å². The SMILES string of the molecule is CC(=O)c1ccc(NC(=O)Cn2cc(S(=O)(=O)c3ccc(F)cc3)c3ccccc32)cc1. The van der Waals surface area contributed by atoms with Crippen LogP contribution in [-0.2, 0) is 21.2 Å². The van der Waals surface area contributed by atoms with Crippen molar-refractivity contribution in [3.63, 3.8) is 0 Å². The number of sulfone groups is 1. The predicted octanol–water partition coefficient (Wildman–Crippen LogP) is 4.45. The largest absolute Gasteiger partial charge is 0.337 e. The van der Waals surface area contributed by atoms with E-state index in [4.69, 9.17) is 0 Å². The molecule has 4 rings (SSSR count). The summed E-state index contributed by atoms with van der Waals surface area (Å²) in [4.78, 5) is 24.0. The van der Waals surface area contributed by atoms with Crippen LogP contribution in [0, 0.1) is 5.82 Å². The normalized spacial score (nSPS) is 11.4. The lowest BCUT2D eigenvalue weighted by Crippen LogP contribution is -2.18. The maximum atomic E-state index is 13.3. The molecule has 1 N–H and O–H groups in total. The fourth-order valence-electron chi connectivity index (χ4n) is 3.44. The van der Waals surface area contributed by atoms with E-state index in [1.54, 1.807) is 53.1 Å². The fraction of sp³-hybridized carbons (Fsp3) is 0.0833. The molecule has 0 saturated carbocycles. The number of fused-ring (bicyclic) bond motifs is 1. The number of carbonyl (C=O) groups excluding carboxylic acids is 2. The maximum absolute atomic E-state index is 13.3. The third-order valence-corrected chi connectivity index (χ3v) is 6.85. The third kappa shape index (κ3) is 4.17. The first-order valence-electron chi connectivity index (χ1n) is 9.75. The lowest BCUT2D eigenvalue weighted by molar-refractivity contribution is -0.116. The standard InChI is InChI=1S/C24H19FN2O4S/c1-16(28)17-6-10-19(11-7-17)26-24(29)15-27-14-23(21-4-2-3-5-22(21)27)32(30,31)20-12-8-18(25)9-13-20/h2-14H,15H2,1H3,(H,26,29). The molecule has 0 aliphatic carbocycles. The van der Waals surface area contributed by atoms with E-state index in [0.29, 0.717) is 22.2 Å². The average Bonchev–Trinajstić information content (AvgIpc) is 3.13. The van der Waals surface area contributed by atoms with E-state index >= 15 is 0 Å². The van der Waals surface area contributed by atoms with Crippen LogP contribution in [0.3, 0.4) is 0 Å². The molecule has 0 spiro atoms. The van der Waals surface area contributed by atoms with Gasteiger partial charge in [0.15, 0.2) is 5.78 Å². The first-order valence-corrected chi connectivity index (χ1v) is 11.2. The molecule has 0 saturated heterocycles. The molecule has 0 aliphatic rings. The van der Waals surface area contributed by atoms with Gasteiger partial charge in [0.05, 0.1) is 9.79 Å². The molecule has 1 aromatic heterocycles. The molecule has 1 heterocycles. The van der Waals surface area contributed by atoms with Crippen LogP contribution < -0.4 is 5.32 Å². The van der Waals surface area contributed by atoms with Crippen LogP contribution >= 0.6 is 0 Å². The molecule has 0 bridgehead atoms. The minimum atomic E-state index is -3.92. The molecule has 8 heteroatoms. The van der Waals surface area contributed by atoms with Crippen LogP contribution in [0.1, 0.15) is 17.3 Å². The predicted molar refractivity (Wildman–Crippen MR) is 119 cm³/mol. The van der Waals surface area contributed by atoms with Crippen molar-refractivity contribution in [3.8, 4) is 0 Å². The highest BCUT2D eigenvalue weighted by atomic mass is 32.2. The number of benzene rings is 3. The summed E-state index contributed by atoms with van der Waals surface area (Å²) in [6, 6.07) is 18.0. The fourth-order valence-corrected chi connectivity index (χ4v) is 4.92. The lowest BCUT2D eigenvalue weighted by Gasteiger charge is -2.08. The van der Waals surface area contributed by atoms with Crippen molar-refractivity contribution >= 4 is 38.1 Å². The summed E-state index contributed by atoms with van der Waals surface area (Å²) in [5.41, 5.74) is 1.64. The zero-order valence-electron chi connectivity index (χ0n) is 17.1. The smallest absolute Gasteiger partial charge is 0.244 e. The highest BCUT2D eigenvalue weighted by Gasteiger charge is 2.24. The van der Waals surface area contributed by atoms with E-state index in [0.717, 1.165) is 12.1 Å². The summed E-state index contributed by atoms with van der Waals surface area (Å²) in [7, 11) is -3.92. The molecular weight excluding hydrogens is 431 g/mol. The van der Waals surface area contributed by atoms with E-state index in [9.17, 15) is 22.4 Å². The van der Waals surface area contributed by atoms with Gasteiger partial charge in [-0.25, -0.2) is 12.8 Å². The van der Waals surface area contributed by atoms with Crippen LogP contribution in [0.5, 0.6) is 0 Å². The van der Waals surface area contributed by atoms with Crippen LogP contribution in [0.2, 0.25) is 0 Å². The number of hydrogen-bond donors (Lipinski definition) is 1. The van der Waals surface area contributed by atoms with Crippen LogP contribution in [0.4, 0.5) is 10.1 Å². The van der Waals surface area contributed by atoms with E-state index in [2.05, 4.69) is 5.32 Å². The van der Waals surface area contributed by atoms with Gasteiger partial charge in [0.2, 0.25) is 15.7 Å². The van der Waals surface area contributed by atoms with Gasteiger partial charge in [-0.15, -0.1) is 0 Å². The molecule has 4 aromatic rings. The summed E-state index contributed by atoms with van der Waals surface area (Å²) < 4.78 is 41.2. The molecule has 0 aliphatic heterocycles. The van der Waals surface area contributed by atoms with Gasteiger partial charge in [-0.1, -0.05) is 18.2 Å². The second kappa shape index (κ2) is 8.39. The molecule has 0 unspecified atom stereocenters. The number of rotatable bonds is 6. The summed E-state index contributed by atoms with van der Waals surface area (Å²) in [5.74, 6) is -0.956. The minimum absolute atomic E-state index is 0.0307. The third-order valence-electron chi connectivity index (χ3n) is 5.05. The molecule has 0 atom stereocenters. The van der Waals surface area contributed by atoms with E-state index in [1.165, 1.54) is 25.3 Å². The number of nitrogens with zero attached hydrogens (tertiary/aromatic N) is 1. The minimum Gasteiger partial charge on any atom is -0.337 e. The van der Waals surface area contributed by atoms with Gasteiger partial charge in [-0.3, -0.25) is 9.59 Å². The number of halogens is 1. The average molecular weight is 450 g/mol. The highest BCUT2D eigenvalue weighted by molar-refractivity contribution is 7.91. The Labute approximate surface area is 184 Å². The first-order chi connectivity index (χ1) is 15.3. The molecule has 3 aromatic carbocycles. The number of carbonyl (C=O) groups is 2. The number of para-hydroxylation sites is 1. The van der Waals surface area contributed by atoms with Crippen molar-refractivity contribution < 1.29 is 22.4 Å². The second-order valence-corrected chi connectivity index (χ2v) is 9.20. The summed E-state index contributed by atoms with van der Waals surface area (Å²) in [6.07, 6.45) is 1.42. The van der Waals surface area contributed by atoms with E-state index < -0.39 is 15.7 Å². The Morgan fingerprint density at radius 2 is 1.59 bits per heavy atom. The van der Waals surface area contributed by atoms with Crippen molar-refractivity contribution in [2.45, 2.75) is 23.3 Å². The highest BCUT2D eigenvalue weighted by Crippen LogP contribution is 2.30. The summed E-state index contributed by atoms with van der Waals surface area (Å²) in [6.45, 7) is 1.34. The van der Waals surface area contributed by atoms with Gasteiger partial charge in [-0.05, 0) is 61.5 Å². The van der Waals surface area contributed by atoms with Gasteiger partial charge in [0, 0.05) is 28.4 Å². The zero-order chi connectivity index (χ0) is 22.9. The molecule has 0 fully saturated rings. The van der Waals surface area contributed by atoms with Gasteiger partial charge >= 0.3 is 0 Å². The Morgan fingerprint density at radius 1 is 0.938 bits per heavy atom. The van der Waals surface area contributed by atoms with E-state index in [1.807, 2.05) is 0 Å². The van der Waals surface area contributed by atoms with Gasteiger partial charge in [-0.2, -0.15) is 0 Å². The second-order valence-electron chi connectivity index (χ2n) is 7.28. The topological polar surface area (TPSA) is 85.2 Å². The number of amides is 1. The lowest BCUT2D eigenvalue weighted by atomic mass is 10.1. The van der Waals surface area contributed by atoms with Crippen molar-refractivity contribution in [2.24, 2.45) is 0 Å². The molecule has 162 valence electrons. The Hall–Kier alpha value is -3.78. The van der Waals surface area contributed by atoms with Crippen molar-refractivity contribution in [2.75, 3.05) is 5.32 Å². The summed E-state index contributed by atoms with van der Waals surface area (Å²) in [5, 5.41) is 3.21. The first kappa shape index (κ1) is 21.5. The van der Waals surface area contributed by atoms with Crippen molar-refractivity contribution in [1.29, 1.82) is 0 Å². The molecule has 0 radical (unpaired) electrons. The van der Waals surface area contributed by atoms with Crippen molar-refractivity contribution in [1.82, 2.24) is 4.57 Å². The summed E-state index contributed by atoms with van der Waals surface area (Å²) >= 11 is 0. The number of hydrogen-bond acceptors (Lipinski definition) is 4. The maximum Gasteiger partial charge on any atom is 0.244 e. The Bertz CT molecular complexity index is 1420. The number of anilines is 1. The quantitative estimate of drug-likeness (QED) is 0.347. The van der Waals surface area contributed by atoms with E-state index in [-0.39, 0.29) is 28.0 Å². The molecule has 6 nitrogen and oxygen atoms in total. The Balaban J connectivity index is 1.65. The number of nitrogens with one attached hydrogen (secondary N) is 1. The van der Waals surface area contributed by atoms with Crippen LogP contribution in [0.15, 0.2) is 88.8 Å². The monoisotopic (exact) mass is 450 g/mol. The number of aromatic nitrogens is 1. The van der Waals surface area contributed by atoms with Crippen molar-refractivity contribution in [3.05, 3.63) is 90.4 Å².